The lowest BCUT2D eigenvalue weighted by Crippen LogP contribution is -2.43. The standard InChI is InChI=1S/C16H28N2O2S/c1-7-13(10-17-15(19)20-16(4,5)6)18-12(3)14-11(2)8-9-21-14/h8-9,12-13,18H,7,10H2,1-6H3,(H,17,19). The third-order valence-corrected chi connectivity index (χ3v) is 4.37. The first-order valence-corrected chi connectivity index (χ1v) is 8.37. The van der Waals surface area contributed by atoms with Crippen molar-refractivity contribution in [2.75, 3.05) is 6.54 Å². The maximum absolute atomic E-state index is 11.7. The Bertz CT molecular complexity index is 451. The van der Waals surface area contributed by atoms with Crippen LogP contribution < -0.4 is 10.6 Å². The number of nitrogens with one attached hydrogen (secondary N) is 2. The number of thiophene rings is 1. The third-order valence-electron chi connectivity index (χ3n) is 3.17. The van der Waals surface area contributed by atoms with Gasteiger partial charge in [-0.1, -0.05) is 6.92 Å². The van der Waals surface area contributed by atoms with Gasteiger partial charge in [-0.2, -0.15) is 0 Å². The Morgan fingerprint density at radius 1 is 1.43 bits per heavy atom. The maximum atomic E-state index is 11.7. The Balaban J connectivity index is 2.45. The van der Waals surface area contributed by atoms with Crippen molar-refractivity contribution in [1.29, 1.82) is 0 Å². The number of rotatable bonds is 6. The van der Waals surface area contributed by atoms with Crippen LogP contribution in [0.3, 0.4) is 0 Å². The van der Waals surface area contributed by atoms with E-state index >= 15 is 0 Å². The van der Waals surface area contributed by atoms with Gasteiger partial charge < -0.3 is 15.4 Å². The van der Waals surface area contributed by atoms with E-state index < -0.39 is 5.60 Å². The van der Waals surface area contributed by atoms with E-state index in [1.54, 1.807) is 11.3 Å². The molecule has 0 aliphatic rings. The molecule has 2 N–H and O–H groups in total. The molecule has 5 heteroatoms. The highest BCUT2D eigenvalue weighted by Gasteiger charge is 2.18. The van der Waals surface area contributed by atoms with E-state index in [1.165, 1.54) is 10.4 Å². The molecule has 120 valence electrons. The predicted molar refractivity (Wildman–Crippen MR) is 88.9 cm³/mol. The lowest BCUT2D eigenvalue weighted by atomic mass is 10.1. The van der Waals surface area contributed by atoms with Crippen LogP contribution in [0.25, 0.3) is 0 Å². The van der Waals surface area contributed by atoms with Crippen LogP contribution in [0.2, 0.25) is 0 Å². The van der Waals surface area contributed by atoms with E-state index in [1.807, 2.05) is 20.8 Å². The fraction of sp³-hybridized carbons (Fsp3) is 0.688. The van der Waals surface area contributed by atoms with Crippen LogP contribution in [0.5, 0.6) is 0 Å². The second kappa shape index (κ2) is 7.80. The van der Waals surface area contributed by atoms with E-state index in [0.29, 0.717) is 6.54 Å². The maximum Gasteiger partial charge on any atom is 0.407 e. The molecule has 0 saturated carbocycles. The molecular formula is C16H28N2O2S. The van der Waals surface area contributed by atoms with Gasteiger partial charge in [-0.3, -0.25) is 0 Å². The summed E-state index contributed by atoms with van der Waals surface area (Å²) in [7, 11) is 0. The Kier molecular flexibility index (Phi) is 6.68. The summed E-state index contributed by atoms with van der Waals surface area (Å²) in [6, 6.07) is 2.65. The van der Waals surface area contributed by atoms with E-state index in [4.69, 9.17) is 4.74 Å². The van der Waals surface area contributed by atoms with Crippen LogP contribution >= 0.6 is 11.3 Å². The SMILES string of the molecule is CCC(CNC(=O)OC(C)(C)C)NC(C)c1sccc1C. The summed E-state index contributed by atoms with van der Waals surface area (Å²) in [6.07, 6.45) is 0.590. The lowest BCUT2D eigenvalue weighted by molar-refractivity contribution is 0.0521. The van der Waals surface area contributed by atoms with Gasteiger partial charge in [0.1, 0.15) is 5.60 Å². The molecule has 0 saturated heterocycles. The first-order valence-electron chi connectivity index (χ1n) is 7.49. The summed E-state index contributed by atoms with van der Waals surface area (Å²) in [5.41, 5.74) is 0.857. The van der Waals surface area contributed by atoms with Gasteiger partial charge in [0, 0.05) is 23.5 Å². The molecule has 0 aromatic carbocycles. The number of hydrogen-bond donors (Lipinski definition) is 2. The van der Waals surface area contributed by atoms with Gasteiger partial charge in [-0.05, 0) is 58.0 Å². The number of carbonyl (C=O) groups is 1. The lowest BCUT2D eigenvalue weighted by Gasteiger charge is -2.24. The Morgan fingerprint density at radius 3 is 2.57 bits per heavy atom. The van der Waals surface area contributed by atoms with E-state index in [2.05, 4.69) is 42.9 Å². The molecule has 1 heterocycles. The van der Waals surface area contributed by atoms with E-state index in [0.717, 1.165) is 6.42 Å². The number of hydrogen-bond acceptors (Lipinski definition) is 4. The number of amides is 1. The molecule has 1 aromatic rings. The molecule has 0 fully saturated rings. The Morgan fingerprint density at radius 2 is 2.10 bits per heavy atom. The molecular weight excluding hydrogens is 284 g/mol. The molecule has 0 aliphatic heterocycles. The minimum absolute atomic E-state index is 0.231. The van der Waals surface area contributed by atoms with Crippen LogP contribution in [0.1, 0.15) is 57.5 Å². The van der Waals surface area contributed by atoms with Crippen molar-refractivity contribution in [2.45, 2.75) is 65.6 Å². The van der Waals surface area contributed by atoms with Crippen LogP contribution in [0, 0.1) is 6.92 Å². The monoisotopic (exact) mass is 312 g/mol. The Labute approximate surface area is 132 Å². The second-order valence-electron chi connectivity index (χ2n) is 6.34. The topological polar surface area (TPSA) is 50.4 Å². The van der Waals surface area contributed by atoms with Gasteiger partial charge in [-0.25, -0.2) is 4.79 Å². The van der Waals surface area contributed by atoms with Crippen LogP contribution in [-0.4, -0.2) is 24.3 Å². The second-order valence-corrected chi connectivity index (χ2v) is 7.29. The first kappa shape index (κ1) is 18.0. The smallest absolute Gasteiger partial charge is 0.407 e. The number of ether oxygens (including phenoxy) is 1. The van der Waals surface area contributed by atoms with Crippen molar-refractivity contribution < 1.29 is 9.53 Å². The molecule has 4 nitrogen and oxygen atoms in total. The molecule has 0 aliphatic carbocycles. The highest BCUT2D eigenvalue weighted by Crippen LogP contribution is 2.23. The van der Waals surface area contributed by atoms with Crippen LogP contribution in [0.15, 0.2) is 11.4 Å². The number of carbonyl (C=O) groups excluding carboxylic acids is 1. The van der Waals surface area contributed by atoms with Crippen LogP contribution in [0.4, 0.5) is 4.79 Å². The largest absolute Gasteiger partial charge is 0.444 e. The van der Waals surface area contributed by atoms with Gasteiger partial charge in [0.2, 0.25) is 0 Å². The predicted octanol–water partition coefficient (Wildman–Crippen LogP) is 4.01. The highest BCUT2D eigenvalue weighted by molar-refractivity contribution is 7.10. The van der Waals surface area contributed by atoms with Crippen molar-refractivity contribution >= 4 is 17.4 Å². The van der Waals surface area contributed by atoms with Crippen molar-refractivity contribution in [3.8, 4) is 0 Å². The summed E-state index contributed by atoms with van der Waals surface area (Å²) in [5.74, 6) is 0. The molecule has 21 heavy (non-hydrogen) atoms. The fourth-order valence-corrected chi connectivity index (χ4v) is 3.04. The highest BCUT2D eigenvalue weighted by atomic mass is 32.1. The molecule has 2 unspecified atom stereocenters. The zero-order valence-corrected chi connectivity index (χ0v) is 14.8. The van der Waals surface area contributed by atoms with E-state index in [9.17, 15) is 4.79 Å². The Hall–Kier alpha value is -1.07. The van der Waals surface area contributed by atoms with Gasteiger partial charge in [-0.15, -0.1) is 11.3 Å². The van der Waals surface area contributed by atoms with Crippen molar-refractivity contribution in [1.82, 2.24) is 10.6 Å². The van der Waals surface area contributed by atoms with Crippen molar-refractivity contribution in [2.24, 2.45) is 0 Å². The van der Waals surface area contributed by atoms with Crippen molar-refractivity contribution in [3.63, 3.8) is 0 Å². The molecule has 1 amide bonds. The summed E-state index contributed by atoms with van der Waals surface area (Å²) in [6.45, 7) is 12.6. The van der Waals surface area contributed by atoms with Gasteiger partial charge in [0.05, 0.1) is 0 Å². The molecule has 0 spiro atoms. The zero-order chi connectivity index (χ0) is 16.0. The minimum atomic E-state index is -0.458. The average molecular weight is 312 g/mol. The molecule has 2 atom stereocenters. The van der Waals surface area contributed by atoms with E-state index in [-0.39, 0.29) is 18.2 Å². The van der Waals surface area contributed by atoms with Gasteiger partial charge >= 0.3 is 6.09 Å². The quantitative estimate of drug-likeness (QED) is 0.834. The third kappa shape index (κ3) is 6.48. The fourth-order valence-electron chi connectivity index (χ4n) is 2.10. The van der Waals surface area contributed by atoms with Crippen molar-refractivity contribution in [3.05, 3.63) is 21.9 Å². The summed E-state index contributed by atoms with van der Waals surface area (Å²) >= 11 is 1.77. The summed E-state index contributed by atoms with van der Waals surface area (Å²) in [4.78, 5) is 13.0. The zero-order valence-electron chi connectivity index (χ0n) is 13.9. The normalized spacial score (nSPS) is 14.6. The van der Waals surface area contributed by atoms with Gasteiger partial charge in [0.15, 0.2) is 0 Å². The molecule has 0 radical (unpaired) electrons. The number of aryl methyl sites for hydroxylation is 1. The van der Waals surface area contributed by atoms with Crippen LogP contribution in [-0.2, 0) is 4.74 Å². The first-order chi connectivity index (χ1) is 9.73. The van der Waals surface area contributed by atoms with Gasteiger partial charge in [0.25, 0.3) is 0 Å². The minimum Gasteiger partial charge on any atom is -0.444 e. The summed E-state index contributed by atoms with van der Waals surface area (Å²) < 4.78 is 5.25. The summed E-state index contributed by atoms with van der Waals surface area (Å²) in [5, 5.41) is 8.52. The average Bonchev–Trinajstić information content (AvgIpc) is 2.78. The molecule has 0 bridgehead atoms. The molecule has 1 aromatic heterocycles. The number of alkyl carbamates (subject to hydrolysis) is 1. The molecule has 1 rings (SSSR count).